The van der Waals surface area contributed by atoms with Gasteiger partial charge in [0, 0.05) is 5.92 Å². The van der Waals surface area contributed by atoms with Crippen LogP contribution in [0.25, 0.3) is 0 Å². The molecule has 0 amide bonds. The van der Waals surface area contributed by atoms with Gasteiger partial charge in [-0.1, -0.05) is 0 Å². The maximum absolute atomic E-state index is 10.8. The molecule has 0 radical (unpaired) electrons. The molecule has 0 aromatic rings. The Hall–Kier alpha value is -0.450. The summed E-state index contributed by atoms with van der Waals surface area (Å²) in [5, 5.41) is 0. The zero-order valence-electron chi connectivity index (χ0n) is 8.30. The predicted molar refractivity (Wildman–Crippen MR) is 46.7 cm³/mol. The fourth-order valence-electron chi connectivity index (χ4n) is 2.79. The van der Waals surface area contributed by atoms with Crippen molar-refractivity contribution in [1.82, 2.24) is 0 Å². The van der Waals surface area contributed by atoms with Crippen molar-refractivity contribution in [2.75, 3.05) is 0 Å². The third kappa shape index (κ3) is 1.02. The van der Waals surface area contributed by atoms with Crippen molar-refractivity contribution in [2.24, 2.45) is 5.92 Å². The predicted octanol–water partition coefficient (Wildman–Crippen LogP) is 0.493. The molecule has 14 heavy (non-hydrogen) atoms. The Morgan fingerprint density at radius 2 is 1.93 bits per heavy atom. The average Bonchev–Trinajstić information content (AvgIpc) is 2.70. The summed E-state index contributed by atoms with van der Waals surface area (Å²) in [5.74, 6) is -0.522. The topological polar surface area (TPSA) is 44.8 Å². The average molecular weight is 198 g/mol. The van der Waals surface area contributed by atoms with E-state index in [0.717, 1.165) is 12.7 Å². The van der Waals surface area contributed by atoms with Crippen LogP contribution >= 0.6 is 0 Å². The monoisotopic (exact) mass is 198 g/mol. The number of hydrogen-bond acceptors (Lipinski definition) is 4. The van der Waals surface area contributed by atoms with Gasteiger partial charge in [-0.2, -0.15) is 0 Å². The molecule has 2 bridgehead atoms. The Kier molecular flexibility index (Phi) is 1.62. The van der Waals surface area contributed by atoms with Gasteiger partial charge in [-0.15, -0.1) is 0 Å². The van der Waals surface area contributed by atoms with Gasteiger partial charge in [0.1, 0.15) is 18.5 Å². The molecule has 5 unspecified atom stereocenters. The lowest BCUT2D eigenvalue weighted by Crippen LogP contribution is -2.39. The molecule has 3 saturated heterocycles. The minimum atomic E-state index is -0.520. The molecular formula is C10H14O4. The second kappa shape index (κ2) is 2.56. The lowest BCUT2D eigenvalue weighted by molar-refractivity contribution is -0.178. The maximum atomic E-state index is 10.8. The first-order valence-electron chi connectivity index (χ1n) is 5.07. The molecular weight excluding hydrogens is 184 g/mol. The van der Waals surface area contributed by atoms with Crippen molar-refractivity contribution in [1.29, 1.82) is 0 Å². The standard InChI is InChI=1S/C10H14O4/c1-10(2)13-8-6-3-5(4-11)7(12-6)9(8)14-10/h4-9H,3H2,1-2H3. The Labute approximate surface area is 82.5 Å². The van der Waals surface area contributed by atoms with Gasteiger partial charge in [-0.25, -0.2) is 0 Å². The smallest absolute Gasteiger partial charge is 0.164 e. The molecule has 3 aliphatic heterocycles. The highest BCUT2D eigenvalue weighted by Crippen LogP contribution is 2.47. The number of carbonyl (C=O) groups excluding carboxylic acids is 1. The molecule has 3 aliphatic rings. The second-order valence-corrected chi connectivity index (χ2v) is 4.74. The summed E-state index contributed by atoms with van der Waals surface area (Å²) < 4.78 is 17.1. The van der Waals surface area contributed by atoms with Crippen LogP contribution in [0.2, 0.25) is 0 Å². The highest BCUT2D eigenvalue weighted by atomic mass is 16.8. The number of rotatable bonds is 1. The van der Waals surface area contributed by atoms with Gasteiger partial charge in [0.15, 0.2) is 5.79 Å². The van der Waals surface area contributed by atoms with Crippen molar-refractivity contribution in [3.8, 4) is 0 Å². The Morgan fingerprint density at radius 3 is 2.64 bits per heavy atom. The van der Waals surface area contributed by atoms with Crippen molar-refractivity contribution in [3.05, 3.63) is 0 Å². The zero-order chi connectivity index (χ0) is 9.92. The minimum Gasteiger partial charge on any atom is -0.369 e. The first-order valence-corrected chi connectivity index (χ1v) is 5.07. The van der Waals surface area contributed by atoms with E-state index in [2.05, 4.69) is 0 Å². The Morgan fingerprint density at radius 1 is 1.21 bits per heavy atom. The molecule has 5 atom stereocenters. The fourth-order valence-corrected chi connectivity index (χ4v) is 2.79. The highest BCUT2D eigenvalue weighted by molar-refractivity contribution is 5.56. The van der Waals surface area contributed by atoms with Crippen LogP contribution in [0.1, 0.15) is 20.3 Å². The van der Waals surface area contributed by atoms with Crippen LogP contribution in [0.3, 0.4) is 0 Å². The summed E-state index contributed by atoms with van der Waals surface area (Å²) in [6.45, 7) is 3.81. The van der Waals surface area contributed by atoms with Crippen LogP contribution in [0.5, 0.6) is 0 Å². The van der Waals surface area contributed by atoms with Gasteiger partial charge in [-0.05, 0) is 20.3 Å². The van der Waals surface area contributed by atoms with Gasteiger partial charge in [0.05, 0.1) is 12.2 Å². The van der Waals surface area contributed by atoms with Gasteiger partial charge in [0.2, 0.25) is 0 Å². The van der Waals surface area contributed by atoms with E-state index in [1.807, 2.05) is 13.8 Å². The van der Waals surface area contributed by atoms with E-state index in [0.29, 0.717) is 0 Å². The minimum absolute atomic E-state index is 0.00116. The van der Waals surface area contributed by atoms with Crippen molar-refractivity contribution >= 4 is 6.29 Å². The third-order valence-corrected chi connectivity index (χ3v) is 3.29. The maximum Gasteiger partial charge on any atom is 0.164 e. The summed E-state index contributed by atoms with van der Waals surface area (Å²) in [4.78, 5) is 10.8. The van der Waals surface area contributed by atoms with E-state index in [1.165, 1.54) is 0 Å². The first kappa shape index (κ1) is 8.83. The third-order valence-electron chi connectivity index (χ3n) is 3.29. The van der Waals surface area contributed by atoms with Crippen LogP contribution in [0.4, 0.5) is 0 Å². The normalized spacial score (nSPS) is 53.4. The van der Waals surface area contributed by atoms with E-state index >= 15 is 0 Å². The molecule has 0 aliphatic carbocycles. The molecule has 3 rings (SSSR count). The van der Waals surface area contributed by atoms with Crippen molar-refractivity contribution in [2.45, 2.75) is 50.5 Å². The molecule has 0 N–H and O–H groups in total. The highest BCUT2D eigenvalue weighted by Gasteiger charge is 2.61. The zero-order valence-corrected chi connectivity index (χ0v) is 8.30. The fraction of sp³-hybridized carbons (Fsp3) is 0.900. The number of fused-ring (bicyclic) bond motifs is 5. The van der Waals surface area contributed by atoms with Gasteiger partial charge >= 0.3 is 0 Å². The summed E-state index contributed by atoms with van der Waals surface area (Å²) in [7, 11) is 0. The van der Waals surface area contributed by atoms with Crippen LogP contribution in [0, 0.1) is 5.92 Å². The Bertz CT molecular complexity index is 275. The van der Waals surface area contributed by atoms with Gasteiger partial charge < -0.3 is 19.0 Å². The molecule has 4 heteroatoms. The molecule has 4 nitrogen and oxygen atoms in total. The summed E-state index contributed by atoms with van der Waals surface area (Å²) >= 11 is 0. The summed E-state index contributed by atoms with van der Waals surface area (Å²) in [5.41, 5.74) is 0. The van der Waals surface area contributed by atoms with Gasteiger partial charge in [-0.3, -0.25) is 0 Å². The largest absolute Gasteiger partial charge is 0.369 e. The lowest BCUT2D eigenvalue weighted by Gasteiger charge is -2.21. The van der Waals surface area contributed by atoms with Crippen LogP contribution in [-0.4, -0.2) is 36.5 Å². The molecule has 3 fully saturated rings. The quantitative estimate of drug-likeness (QED) is 0.575. The lowest BCUT2D eigenvalue weighted by atomic mass is 9.86. The van der Waals surface area contributed by atoms with Crippen LogP contribution < -0.4 is 0 Å². The Balaban J connectivity index is 1.85. The van der Waals surface area contributed by atoms with E-state index in [9.17, 15) is 4.79 Å². The first-order chi connectivity index (χ1) is 6.61. The second-order valence-electron chi connectivity index (χ2n) is 4.74. The van der Waals surface area contributed by atoms with Crippen molar-refractivity contribution in [3.63, 3.8) is 0 Å². The summed E-state index contributed by atoms with van der Waals surface area (Å²) in [6, 6.07) is 0. The molecule has 0 spiro atoms. The summed E-state index contributed by atoms with van der Waals surface area (Å²) in [6.07, 6.45) is 1.74. The SMILES string of the molecule is CC1(C)OC2C3CC(C=O)C(O3)C2O1. The number of carbonyl (C=O) groups is 1. The van der Waals surface area contributed by atoms with Crippen molar-refractivity contribution < 1.29 is 19.0 Å². The van der Waals surface area contributed by atoms with Crippen LogP contribution in [0.15, 0.2) is 0 Å². The number of ether oxygens (including phenoxy) is 3. The van der Waals surface area contributed by atoms with E-state index in [4.69, 9.17) is 14.2 Å². The van der Waals surface area contributed by atoms with E-state index in [-0.39, 0.29) is 30.3 Å². The van der Waals surface area contributed by atoms with E-state index < -0.39 is 5.79 Å². The number of hydrogen-bond donors (Lipinski definition) is 0. The molecule has 0 saturated carbocycles. The molecule has 78 valence electrons. The molecule has 3 heterocycles. The van der Waals surface area contributed by atoms with Gasteiger partial charge in [0.25, 0.3) is 0 Å². The molecule has 0 aromatic heterocycles. The van der Waals surface area contributed by atoms with E-state index in [1.54, 1.807) is 0 Å². The van der Waals surface area contributed by atoms with Crippen LogP contribution in [-0.2, 0) is 19.0 Å². The molecule has 0 aromatic carbocycles. The number of aldehydes is 1.